The highest BCUT2D eigenvalue weighted by Crippen LogP contribution is 2.17. The van der Waals surface area contributed by atoms with Gasteiger partial charge < -0.3 is 9.80 Å². The van der Waals surface area contributed by atoms with E-state index in [2.05, 4.69) is 23.1 Å². The largest absolute Gasteiger partial charge is 0.350 e. The van der Waals surface area contributed by atoms with Crippen molar-refractivity contribution >= 4 is 5.91 Å². The summed E-state index contributed by atoms with van der Waals surface area (Å²) in [6, 6.07) is 10.3. The van der Waals surface area contributed by atoms with Crippen molar-refractivity contribution in [2.45, 2.75) is 26.8 Å². The topological polar surface area (TPSA) is 23.6 Å². The molecule has 1 heterocycles. The third-order valence-corrected chi connectivity index (χ3v) is 3.49. The summed E-state index contributed by atoms with van der Waals surface area (Å²) in [5.74, 6) is 0.150. The van der Waals surface area contributed by atoms with Crippen molar-refractivity contribution in [3.8, 4) is 0 Å². The number of carbonyl (C=O) groups excluding carboxylic acids is 1. The lowest BCUT2D eigenvalue weighted by atomic mass is 10.1. The fraction of sp³-hybridized carbons (Fsp3) is 0.353. The second-order valence-electron chi connectivity index (χ2n) is 4.88. The number of hydrogen-bond donors (Lipinski definition) is 0. The average Bonchev–Trinajstić information content (AvgIpc) is 2.49. The first kappa shape index (κ1) is 14.4. The second kappa shape index (κ2) is 6.94. The Morgan fingerprint density at radius 2 is 1.90 bits per heavy atom. The van der Waals surface area contributed by atoms with Gasteiger partial charge in [-0.2, -0.15) is 0 Å². The molecule has 0 saturated heterocycles. The number of benzene rings is 1. The smallest absolute Gasteiger partial charge is 0.251 e. The van der Waals surface area contributed by atoms with Gasteiger partial charge in [0.1, 0.15) is 0 Å². The molecule has 0 N–H and O–H groups in total. The SMILES string of the molecule is CCN(CC)C(=O)C1=CN(Cc2ccccc2)C=CC1. The molecule has 0 aromatic heterocycles. The molecule has 2 rings (SSSR count). The predicted octanol–water partition coefficient (Wildman–Crippen LogP) is 3.16. The Balaban J connectivity index is 2.07. The summed E-state index contributed by atoms with van der Waals surface area (Å²) in [6.07, 6.45) is 6.81. The van der Waals surface area contributed by atoms with Crippen LogP contribution in [0.1, 0.15) is 25.8 Å². The number of carbonyl (C=O) groups is 1. The quantitative estimate of drug-likeness (QED) is 0.820. The standard InChI is InChI=1S/C17H22N2O/c1-3-19(4-2)17(20)16-11-8-12-18(14-16)13-15-9-6-5-7-10-15/h5-10,12,14H,3-4,11,13H2,1-2H3. The average molecular weight is 270 g/mol. The fourth-order valence-corrected chi connectivity index (χ4v) is 2.36. The highest BCUT2D eigenvalue weighted by molar-refractivity contribution is 5.93. The summed E-state index contributed by atoms with van der Waals surface area (Å²) in [5.41, 5.74) is 2.11. The lowest BCUT2D eigenvalue weighted by Crippen LogP contribution is -2.33. The summed E-state index contributed by atoms with van der Waals surface area (Å²) in [4.78, 5) is 16.3. The van der Waals surface area contributed by atoms with E-state index in [0.29, 0.717) is 0 Å². The van der Waals surface area contributed by atoms with E-state index < -0.39 is 0 Å². The van der Waals surface area contributed by atoms with E-state index in [9.17, 15) is 4.79 Å². The normalized spacial score (nSPS) is 14.1. The molecule has 3 nitrogen and oxygen atoms in total. The zero-order valence-electron chi connectivity index (χ0n) is 12.2. The predicted molar refractivity (Wildman–Crippen MR) is 81.8 cm³/mol. The Kier molecular flexibility index (Phi) is 4.99. The van der Waals surface area contributed by atoms with Crippen molar-refractivity contribution in [1.29, 1.82) is 0 Å². The molecule has 3 heteroatoms. The molecule has 20 heavy (non-hydrogen) atoms. The number of allylic oxidation sites excluding steroid dienone is 1. The Morgan fingerprint density at radius 1 is 1.20 bits per heavy atom. The number of hydrogen-bond acceptors (Lipinski definition) is 2. The number of nitrogens with zero attached hydrogens (tertiary/aromatic N) is 2. The minimum Gasteiger partial charge on any atom is -0.350 e. The molecule has 0 fully saturated rings. The van der Waals surface area contributed by atoms with Crippen LogP contribution in [0, 0.1) is 0 Å². The van der Waals surface area contributed by atoms with E-state index in [-0.39, 0.29) is 5.91 Å². The minimum atomic E-state index is 0.150. The molecule has 0 radical (unpaired) electrons. The molecule has 0 aliphatic carbocycles. The number of likely N-dealkylation sites (N-methyl/N-ethyl adjacent to an activating group) is 1. The van der Waals surface area contributed by atoms with Crippen LogP contribution in [0.2, 0.25) is 0 Å². The molecule has 1 aliphatic rings. The van der Waals surface area contributed by atoms with Crippen molar-refractivity contribution in [3.05, 3.63) is 59.9 Å². The van der Waals surface area contributed by atoms with Gasteiger partial charge in [0, 0.05) is 37.6 Å². The van der Waals surface area contributed by atoms with Gasteiger partial charge in [0.15, 0.2) is 0 Å². The molecule has 0 saturated carbocycles. The van der Waals surface area contributed by atoms with Crippen LogP contribution < -0.4 is 0 Å². The first-order valence-corrected chi connectivity index (χ1v) is 7.21. The van der Waals surface area contributed by atoms with Crippen LogP contribution in [0.3, 0.4) is 0 Å². The molecular weight excluding hydrogens is 248 g/mol. The Bertz CT molecular complexity index is 501. The van der Waals surface area contributed by atoms with Gasteiger partial charge in [-0.1, -0.05) is 36.4 Å². The van der Waals surface area contributed by atoms with Crippen LogP contribution in [-0.2, 0) is 11.3 Å². The van der Waals surface area contributed by atoms with E-state index >= 15 is 0 Å². The summed E-state index contributed by atoms with van der Waals surface area (Å²) in [5, 5.41) is 0. The molecule has 1 aromatic carbocycles. The molecule has 1 aliphatic heterocycles. The van der Waals surface area contributed by atoms with Crippen molar-refractivity contribution in [2.24, 2.45) is 0 Å². The maximum Gasteiger partial charge on any atom is 0.251 e. The van der Waals surface area contributed by atoms with Crippen LogP contribution >= 0.6 is 0 Å². The van der Waals surface area contributed by atoms with Crippen molar-refractivity contribution in [2.75, 3.05) is 13.1 Å². The third kappa shape index (κ3) is 3.50. The van der Waals surface area contributed by atoms with Crippen LogP contribution in [-0.4, -0.2) is 28.8 Å². The van der Waals surface area contributed by atoms with Crippen LogP contribution in [0.4, 0.5) is 0 Å². The highest BCUT2D eigenvalue weighted by atomic mass is 16.2. The molecule has 0 unspecified atom stereocenters. The Morgan fingerprint density at radius 3 is 2.55 bits per heavy atom. The maximum absolute atomic E-state index is 12.4. The van der Waals surface area contributed by atoms with Gasteiger partial charge in [0.05, 0.1) is 0 Å². The van der Waals surface area contributed by atoms with Crippen molar-refractivity contribution in [1.82, 2.24) is 9.80 Å². The van der Waals surface area contributed by atoms with Gasteiger partial charge in [-0.25, -0.2) is 0 Å². The van der Waals surface area contributed by atoms with Gasteiger partial charge >= 0.3 is 0 Å². The summed E-state index contributed by atoms with van der Waals surface area (Å²) >= 11 is 0. The first-order valence-electron chi connectivity index (χ1n) is 7.21. The van der Waals surface area contributed by atoms with Crippen molar-refractivity contribution in [3.63, 3.8) is 0 Å². The van der Waals surface area contributed by atoms with Gasteiger partial charge in [-0.05, 0) is 25.8 Å². The van der Waals surface area contributed by atoms with Crippen molar-refractivity contribution < 1.29 is 4.79 Å². The highest BCUT2D eigenvalue weighted by Gasteiger charge is 2.17. The summed E-state index contributed by atoms with van der Waals surface area (Å²) < 4.78 is 0. The van der Waals surface area contributed by atoms with Crippen LogP contribution in [0.25, 0.3) is 0 Å². The Labute approximate surface area is 121 Å². The number of rotatable bonds is 5. The van der Waals surface area contributed by atoms with E-state index in [1.165, 1.54) is 5.56 Å². The van der Waals surface area contributed by atoms with Gasteiger partial charge in [0.2, 0.25) is 0 Å². The van der Waals surface area contributed by atoms with Gasteiger partial charge in [-0.3, -0.25) is 4.79 Å². The zero-order chi connectivity index (χ0) is 14.4. The van der Waals surface area contributed by atoms with E-state index in [1.54, 1.807) is 0 Å². The van der Waals surface area contributed by atoms with E-state index in [1.807, 2.05) is 49.3 Å². The van der Waals surface area contributed by atoms with Crippen LogP contribution in [0.15, 0.2) is 54.4 Å². The molecule has 1 aromatic rings. The third-order valence-electron chi connectivity index (χ3n) is 3.49. The lowest BCUT2D eigenvalue weighted by molar-refractivity contribution is -0.126. The zero-order valence-corrected chi connectivity index (χ0v) is 12.2. The molecule has 106 valence electrons. The summed E-state index contributed by atoms with van der Waals surface area (Å²) in [6.45, 7) is 6.35. The first-order chi connectivity index (χ1) is 9.74. The van der Waals surface area contributed by atoms with E-state index in [0.717, 1.165) is 31.6 Å². The molecule has 0 atom stereocenters. The molecule has 0 spiro atoms. The maximum atomic E-state index is 12.4. The summed E-state index contributed by atoms with van der Waals surface area (Å²) in [7, 11) is 0. The monoisotopic (exact) mass is 270 g/mol. The molecule has 1 amide bonds. The number of amides is 1. The second-order valence-corrected chi connectivity index (χ2v) is 4.88. The molecular formula is C17H22N2O. The lowest BCUT2D eigenvalue weighted by Gasteiger charge is -2.25. The molecule has 0 bridgehead atoms. The minimum absolute atomic E-state index is 0.150. The van der Waals surface area contributed by atoms with E-state index in [4.69, 9.17) is 0 Å². The Hall–Kier alpha value is -2.03. The van der Waals surface area contributed by atoms with Crippen LogP contribution in [0.5, 0.6) is 0 Å². The van der Waals surface area contributed by atoms with Gasteiger partial charge in [-0.15, -0.1) is 0 Å². The van der Waals surface area contributed by atoms with Gasteiger partial charge in [0.25, 0.3) is 5.91 Å². The fourth-order valence-electron chi connectivity index (χ4n) is 2.36.